The van der Waals surface area contributed by atoms with Crippen LogP contribution in [0.25, 0.3) is 0 Å². The van der Waals surface area contributed by atoms with Gasteiger partial charge in [0, 0.05) is 0 Å². The SMILES string of the molecule is CCC(CC)Oc1ccc(C(=O)O)c(C)c1. The number of aromatic carboxylic acids is 1. The first-order valence-corrected chi connectivity index (χ1v) is 5.59. The molecule has 0 unspecified atom stereocenters. The van der Waals surface area contributed by atoms with Crippen molar-refractivity contribution in [3.63, 3.8) is 0 Å². The average Bonchev–Trinajstić information content (AvgIpc) is 2.25. The van der Waals surface area contributed by atoms with Gasteiger partial charge >= 0.3 is 5.97 Å². The molecule has 88 valence electrons. The summed E-state index contributed by atoms with van der Waals surface area (Å²) in [6, 6.07) is 5.09. The Balaban J connectivity index is 2.84. The molecule has 16 heavy (non-hydrogen) atoms. The molecule has 0 aliphatic heterocycles. The Labute approximate surface area is 96.1 Å². The largest absolute Gasteiger partial charge is 0.490 e. The lowest BCUT2D eigenvalue weighted by Crippen LogP contribution is -2.14. The molecule has 0 atom stereocenters. The third-order valence-corrected chi connectivity index (χ3v) is 2.64. The van der Waals surface area contributed by atoms with E-state index in [0.717, 1.165) is 24.2 Å². The van der Waals surface area contributed by atoms with Crippen molar-refractivity contribution in [2.45, 2.75) is 39.7 Å². The second-order valence-corrected chi connectivity index (χ2v) is 3.84. The van der Waals surface area contributed by atoms with Crippen LogP contribution in [-0.2, 0) is 0 Å². The molecular formula is C13H18O3. The number of aryl methyl sites for hydroxylation is 1. The van der Waals surface area contributed by atoms with E-state index in [-0.39, 0.29) is 6.10 Å². The Kier molecular flexibility index (Phi) is 4.35. The van der Waals surface area contributed by atoms with E-state index in [1.807, 2.05) is 0 Å². The van der Waals surface area contributed by atoms with E-state index in [1.54, 1.807) is 25.1 Å². The van der Waals surface area contributed by atoms with Crippen molar-refractivity contribution in [1.82, 2.24) is 0 Å². The van der Waals surface area contributed by atoms with Crippen LogP contribution in [0.2, 0.25) is 0 Å². The number of carbonyl (C=O) groups is 1. The fraction of sp³-hybridized carbons (Fsp3) is 0.462. The summed E-state index contributed by atoms with van der Waals surface area (Å²) in [5.41, 5.74) is 1.06. The van der Waals surface area contributed by atoms with Gasteiger partial charge in [-0.05, 0) is 43.5 Å². The number of benzene rings is 1. The maximum Gasteiger partial charge on any atom is 0.335 e. The van der Waals surface area contributed by atoms with Crippen molar-refractivity contribution in [2.24, 2.45) is 0 Å². The molecule has 1 N–H and O–H groups in total. The van der Waals surface area contributed by atoms with Gasteiger partial charge in [0.25, 0.3) is 0 Å². The van der Waals surface area contributed by atoms with E-state index in [0.29, 0.717) is 5.56 Å². The molecular weight excluding hydrogens is 204 g/mol. The maximum atomic E-state index is 10.8. The van der Waals surface area contributed by atoms with Crippen LogP contribution >= 0.6 is 0 Å². The number of ether oxygens (including phenoxy) is 1. The standard InChI is InChI=1S/C13H18O3/c1-4-10(5-2)16-11-6-7-12(13(14)15)9(3)8-11/h6-8,10H,4-5H2,1-3H3,(H,14,15). The predicted molar refractivity (Wildman–Crippen MR) is 63.1 cm³/mol. The van der Waals surface area contributed by atoms with Gasteiger partial charge in [0.15, 0.2) is 0 Å². The minimum absolute atomic E-state index is 0.204. The fourth-order valence-corrected chi connectivity index (χ4v) is 1.60. The summed E-state index contributed by atoms with van der Waals surface area (Å²) in [6.07, 6.45) is 2.11. The van der Waals surface area contributed by atoms with Gasteiger partial charge in [0.05, 0.1) is 11.7 Å². The minimum Gasteiger partial charge on any atom is -0.490 e. The first-order chi connectivity index (χ1) is 7.58. The van der Waals surface area contributed by atoms with Crippen LogP contribution in [0.1, 0.15) is 42.6 Å². The van der Waals surface area contributed by atoms with E-state index in [9.17, 15) is 4.79 Å². The van der Waals surface area contributed by atoms with Gasteiger partial charge in [0.2, 0.25) is 0 Å². The fourth-order valence-electron chi connectivity index (χ4n) is 1.60. The summed E-state index contributed by atoms with van der Waals surface area (Å²) < 4.78 is 5.74. The number of rotatable bonds is 5. The number of carboxylic acids is 1. The van der Waals surface area contributed by atoms with Crippen LogP contribution in [-0.4, -0.2) is 17.2 Å². The molecule has 1 aromatic rings. The number of hydrogen-bond donors (Lipinski definition) is 1. The summed E-state index contributed by atoms with van der Waals surface area (Å²) >= 11 is 0. The van der Waals surface area contributed by atoms with E-state index in [4.69, 9.17) is 9.84 Å². The third-order valence-electron chi connectivity index (χ3n) is 2.64. The van der Waals surface area contributed by atoms with E-state index < -0.39 is 5.97 Å². The molecule has 0 aromatic heterocycles. The lowest BCUT2D eigenvalue weighted by molar-refractivity contribution is 0.0696. The Morgan fingerprint density at radius 2 is 2.00 bits per heavy atom. The van der Waals surface area contributed by atoms with E-state index in [1.165, 1.54) is 0 Å². The van der Waals surface area contributed by atoms with Gasteiger partial charge in [-0.1, -0.05) is 13.8 Å². The highest BCUT2D eigenvalue weighted by atomic mass is 16.5. The zero-order chi connectivity index (χ0) is 12.1. The van der Waals surface area contributed by atoms with Crippen molar-refractivity contribution < 1.29 is 14.6 Å². The highest BCUT2D eigenvalue weighted by Gasteiger charge is 2.09. The van der Waals surface area contributed by atoms with Gasteiger partial charge in [-0.25, -0.2) is 4.79 Å². The van der Waals surface area contributed by atoms with Gasteiger partial charge in [-0.15, -0.1) is 0 Å². The van der Waals surface area contributed by atoms with Crippen molar-refractivity contribution >= 4 is 5.97 Å². The molecule has 0 radical (unpaired) electrons. The van der Waals surface area contributed by atoms with Gasteiger partial charge in [0.1, 0.15) is 5.75 Å². The van der Waals surface area contributed by atoms with Gasteiger partial charge in [-0.2, -0.15) is 0 Å². The monoisotopic (exact) mass is 222 g/mol. The highest BCUT2D eigenvalue weighted by Crippen LogP contribution is 2.19. The lowest BCUT2D eigenvalue weighted by atomic mass is 10.1. The molecule has 0 aliphatic rings. The first kappa shape index (κ1) is 12.6. The zero-order valence-electron chi connectivity index (χ0n) is 9.99. The zero-order valence-corrected chi connectivity index (χ0v) is 9.99. The molecule has 0 aliphatic carbocycles. The topological polar surface area (TPSA) is 46.5 Å². The third kappa shape index (κ3) is 2.99. The summed E-state index contributed by atoms with van der Waals surface area (Å²) in [5, 5.41) is 8.89. The van der Waals surface area contributed by atoms with Crippen LogP contribution in [0.15, 0.2) is 18.2 Å². The van der Waals surface area contributed by atoms with Crippen LogP contribution in [0.4, 0.5) is 0 Å². The summed E-state index contributed by atoms with van der Waals surface area (Å²) in [4.78, 5) is 10.8. The van der Waals surface area contributed by atoms with E-state index in [2.05, 4.69) is 13.8 Å². The van der Waals surface area contributed by atoms with Crippen molar-refractivity contribution in [3.05, 3.63) is 29.3 Å². The van der Waals surface area contributed by atoms with Crippen molar-refractivity contribution in [2.75, 3.05) is 0 Å². The second-order valence-electron chi connectivity index (χ2n) is 3.84. The Morgan fingerprint density at radius 1 is 1.38 bits per heavy atom. The van der Waals surface area contributed by atoms with Crippen molar-refractivity contribution in [1.29, 1.82) is 0 Å². The second kappa shape index (κ2) is 5.54. The normalized spacial score (nSPS) is 10.5. The quantitative estimate of drug-likeness (QED) is 0.831. The maximum absolute atomic E-state index is 10.8. The molecule has 3 heteroatoms. The average molecular weight is 222 g/mol. The Morgan fingerprint density at radius 3 is 2.44 bits per heavy atom. The highest BCUT2D eigenvalue weighted by molar-refractivity contribution is 5.89. The predicted octanol–water partition coefficient (Wildman–Crippen LogP) is 3.26. The smallest absolute Gasteiger partial charge is 0.335 e. The molecule has 0 fully saturated rings. The van der Waals surface area contributed by atoms with Crippen LogP contribution in [0.3, 0.4) is 0 Å². The number of hydrogen-bond acceptors (Lipinski definition) is 2. The molecule has 0 amide bonds. The summed E-state index contributed by atoms with van der Waals surface area (Å²) in [5.74, 6) is -0.150. The molecule has 1 aromatic carbocycles. The van der Waals surface area contributed by atoms with Gasteiger partial charge < -0.3 is 9.84 Å². The Hall–Kier alpha value is -1.51. The molecule has 0 saturated heterocycles. The van der Waals surface area contributed by atoms with Crippen LogP contribution in [0, 0.1) is 6.92 Å². The number of carboxylic acid groups (broad SMARTS) is 1. The summed E-state index contributed by atoms with van der Waals surface area (Å²) in [7, 11) is 0. The minimum atomic E-state index is -0.897. The van der Waals surface area contributed by atoms with Gasteiger partial charge in [-0.3, -0.25) is 0 Å². The lowest BCUT2D eigenvalue weighted by Gasteiger charge is -2.16. The van der Waals surface area contributed by atoms with E-state index >= 15 is 0 Å². The summed E-state index contributed by atoms with van der Waals surface area (Å²) in [6.45, 7) is 5.93. The molecule has 0 spiro atoms. The molecule has 0 saturated carbocycles. The molecule has 0 bridgehead atoms. The Bertz CT molecular complexity index is 367. The van der Waals surface area contributed by atoms with Crippen LogP contribution in [0.5, 0.6) is 5.75 Å². The molecule has 1 rings (SSSR count). The molecule has 3 nitrogen and oxygen atoms in total. The molecule has 0 heterocycles. The van der Waals surface area contributed by atoms with Crippen LogP contribution < -0.4 is 4.74 Å². The first-order valence-electron chi connectivity index (χ1n) is 5.59. The van der Waals surface area contributed by atoms with Crippen molar-refractivity contribution in [3.8, 4) is 5.75 Å².